The molecule has 0 spiro atoms. The summed E-state index contributed by atoms with van der Waals surface area (Å²) < 4.78 is 23.6. The molecule has 2 fully saturated rings. The molecule has 2 saturated heterocycles. The third kappa shape index (κ3) is 4.21. The van der Waals surface area contributed by atoms with Crippen molar-refractivity contribution in [2.45, 2.75) is 61.2 Å². The van der Waals surface area contributed by atoms with Crippen LogP contribution in [-0.4, -0.2) is 79.3 Å². The van der Waals surface area contributed by atoms with E-state index in [9.17, 15) is 14.4 Å². The van der Waals surface area contributed by atoms with E-state index in [-0.39, 0.29) is 11.9 Å². The highest BCUT2D eigenvalue weighted by Crippen LogP contribution is 2.51. The van der Waals surface area contributed by atoms with Crippen LogP contribution in [0.25, 0.3) is 0 Å². The van der Waals surface area contributed by atoms with E-state index in [0.717, 1.165) is 4.90 Å². The number of benzene rings is 1. The molecule has 35 heavy (non-hydrogen) atoms. The number of thioether (sulfide) groups is 1. The molecule has 0 radical (unpaired) electrons. The van der Waals surface area contributed by atoms with Gasteiger partial charge in [0.2, 0.25) is 0 Å². The molecule has 1 aliphatic carbocycles. The molecule has 5 rings (SSSR count). The summed E-state index contributed by atoms with van der Waals surface area (Å²) in [6.45, 7) is 3.73. The van der Waals surface area contributed by atoms with Crippen molar-refractivity contribution in [1.82, 2.24) is 4.90 Å². The molecule has 1 unspecified atom stereocenters. The molecule has 0 aromatic heterocycles. The average molecular weight is 503 g/mol. The Labute approximate surface area is 208 Å². The Balaban J connectivity index is 1.48. The minimum absolute atomic E-state index is 0.294. The number of esters is 2. The molecule has 188 valence electrons. The zero-order chi connectivity index (χ0) is 25.1. The van der Waals surface area contributed by atoms with E-state index in [1.807, 2.05) is 50.4 Å². The number of para-hydroxylation sites is 1. The summed E-state index contributed by atoms with van der Waals surface area (Å²) in [5, 5.41) is 2.83. The highest BCUT2D eigenvalue weighted by molar-refractivity contribution is 7.98. The Bertz CT molecular complexity index is 1090. The van der Waals surface area contributed by atoms with Crippen LogP contribution in [0.1, 0.15) is 20.3 Å². The number of hydrogen-bond donors (Lipinski definition) is 1. The van der Waals surface area contributed by atoms with Gasteiger partial charge < -0.3 is 18.9 Å². The van der Waals surface area contributed by atoms with Gasteiger partial charge in [0, 0.05) is 17.2 Å². The van der Waals surface area contributed by atoms with Gasteiger partial charge in [-0.25, -0.2) is 9.59 Å². The zero-order valence-electron chi connectivity index (χ0n) is 20.3. The lowest BCUT2D eigenvalue weighted by molar-refractivity contribution is -0.144. The molecule has 1 amide bonds. The maximum absolute atomic E-state index is 13.1. The molecular weight excluding hydrogens is 472 g/mol. The monoisotopic (exact) mass is 502 g/mol. The summed E-state index contributed by atoms with van der Waals surface area (Å²) in [5.41, 5.74) is 0.358. The van der Waals surface area contributed by atoms with E-state index >= 15 is 0 Å². The summed E-state index contributed by atoms with van der Waals surface area (Å²) in [6.07, 6.45) is 1.15. The average Bonchev–Trinajstić information content (AvgIpc) is 3.20. The minimum Gasteiger partial charge on any atom is -0.462 e. The predicted molar refractivity (Wildman–Crippen MR) is 128 cm³/mol. The molecule has 9 nitrogen and oxygen atoms in total. The maximum atomic E-state index is 13.1. The number of anilines is 1. The molecule has 3 aliphatic heterocycles. The Morgan fingerprint density at radius 1 is 1.23 bits per heavy atom. The predicted octanol–water partition coefficient (Wildman–Crippen LogP) is 2.85. The van der Waals surface area contributed by atoms with Crippen molar-refractivity contribution in [3.05, 3.63) is 35.9 Å². The minimum atomic E-state index is -0.792. The van der Waals surface area contributed by atoms with Crippen molar-refractivity contribution in [1.29, 1.82) is 0 Å². The number of rotatable bonds is 4. The largest absolute Gasteiger partial charge is 0.462 e. The SMILES string of the molecule is CSc1ccccc1NC(=O)O[C@@H]1[C@@H](N(C)C)C2=C[C@@H](OC2=O)[C@@H]2C(C)C(=O)O[C@H]2C[C@]2(C)O[C@@H]12. The Kier molecular flexibility index (Phi) is 6.09. The molecule has 1 N–H and O–H groups in total. The first-order chi connectivity index (χ1) is 16.6. The van der Waals surface area contributed by atoms with Crippen molar-refractivity contribution in [2.75, 3.05) is 25.7 Å². The maximum Gasteiger partial charge on any atom is 0.412 e. The van der Waals surface area contributed by atoms with Gasteiger partial charge in [-0.15, -0.1) is 11.8 Å². The molecule has 0 saturated carbocycles. The number of hydrogen-bond acceptors (Lipinski definition) is 9. The van der Waals surface area contributed by atoms with Gasteiger partial charge in [0.05, 0.1) is 28.8 Å². The molecule has 8 atom stereocenters. The number of epoxide rings is 1. The number of carbonyl (C=O) groups excluding carboxylic acids is 3. The van der Waals surface area contributed by atoms with Gasteiger partial charge >= 0.3 is 18.0 Å². The Morgan fingerprint density at radius 3 is 2.69 bits per heavy atom. The normalized spacial score (nSPS) is 37.5. The fourth-order valence-electron chi connectivity index (χ4n) is 5.65. The summed E-state index contributed by atoms with van der Waals surface area (Å²) in [5.74, 6) is -1.48. The van der Waals surface area contributed by atoms with Crippen molar-refractivity contribution >= 4 is 35.5 Å². The highest BCUT2D eigenvalue weighted by Gasteiger charge is 2.65. The van der Waals surface area contributed by atoms with Gasteiger partial charge in [-0.3, -0.25) is 15.0 Å². The van der Waals surface area contributed by atoms with Gasteiger partial charge in [-0.05, 0) is 45.5 Å². The van der Waals surface area contributed by atoms with Gasteiger partial charge in [-0.1, -0.05) is 19.1 Å². The Hall–Kier alpha value is -2.56. The van der Waals surface area contributed by atoms with Gasteiger partial charge in [0.15, 0.2) is 6.10 Å². The van der Waals surface area contributed by atoms with E-state index in [2.05, 4.69) is 5.32 Å². The third-order valence-corrected chi connectivity index (χ3v) is 8.26. The molecule has 2 bridgehead atoms. The second-order valence-electron chi connectivity index (χ2n) is 9.99. The van der Waals surface area contributed by atoms with Crippen molar-refractivity contribution in [3.63, 3.8) is 0 Å². The number of nitrogens with one attached hydrogen (secondary N) is 1. The molecule has 4 aliphatic rings. The first-order valence-electron chi connectivity index (χ1n) is 11.7. The summed E-state index contributed by atoms with van der Waals surface area (Å²) in [6, 6.07) is 6.85. The van der Waals surface area contributed by atoms with Gasteiger partial charge in [-0.2, -0.15) is 0 Å². The zero-order valence-corrected chi connectivity index (χ0v) is 21.2. The van der Waals surface area contributed by atoms with Crippen LogP contribution in [0.15, 0.2) is 40.8 Å². The van der Waals surface area contributed by atoms with Crippen LogP contribution >= 0.6 is 11.8 Å². The molecule has 1 aromatic carbocycles. The number of carbonyl (C=O) groups is 3. The number of amides is 1. The number of fused-ring (bicyclic) bond motifs is 4. The van der Waals surface area contributed by atoms with Crippen LogP contribution in [-0.2, 0) is 28.5 Å². The van der Waals surface area contributed by atoms with Crippen LogP contribution in [0.3, 0.4) is 0 Å². The fraction of sp³-hybridized carbons (Fsp3) is 0.560. The van der Waals surface area contributed by atoms with Gasteiger partial charge in [0.25, 0.3) is 0 Å². The van der Waals surface area contributed by atoms with E-state index in [1.54, 1.807) is 19.1 Å². The Morgan fingerprint density at radius 2 is 1.97 bits per heavy atom. The molecule has 3 heterocycles. The van der Waals surface area contributed by atoms with Crippen molar-refractivity contribution < 1.29 is 33.3 Å². The van der Waals surface area contributed by atoms with Crippen LogP contribution < -0.4 is 5.32 Å². The van der Waals surface area contributed by atoms with Crippen molar-refractivity contribution in [2.24, 2.45) is 11.8 Å². The van der Waals surface area contributed by atoms with Crippen molar-refractivity contribution in [3.8, 4) is 0 Å². The summed E-state index contributed by atoms with van der Waals surface area (Å²) in [4.78, 5) is 41.3. The quantitative estimate of drug-likeness (QED) is 0.288. The lowest BCUT2D eigenvalue weighted by Crippen LogP contribution is -2.49. The van der Waals surface area contributed by atoms with E-state index in [1.165, 1.54) is 11.8 Å². The van der Waals surface area contributed by atoms with E-state index in [4.69, 9.17) is 18.9 Å². The van der Waals surface area contributed by atoms with Crippen LogP contribution in [0.5, 0.6) is 0 Å². The second kappa shape index (κ2) is 8.83. The summed E-state index contributed by atoms with van der Waals surface area (Å²) in [7, 11) is 3.64. The first kappa shape index (κ1) is 24.1. The third-order valence-electron chi connectivity index (χ3n) is 7.47. The summed E-state index contributed by atoms with van der Waals surface area (Å²) >= 11 is 1.51. The molecule has 10 heteroatoms. The molecule has 1 aromatic rings. The van der Waals surface area contributed by atoms with Crippen LogP contribution in [0, 0.1) is 11.8 Å². The first-order valence-corrected chi connectivity index (χ1v) is 12.9. The topological polar surface area (TPSA) is 107 Å². The standard InChI is InChI=1S/C25H30N2O7S/c1-12-18-15-10-13(23(29)31-15)19(27(3)4)20(21-25(2,34-21)11-16(18)32-22(12)28)33-24(30)26-14-8-6-7-9-17(14)35-5/h6-10,12,15-16,18-21H,11H2,1-5H3,(H,26,30)/t12?,15-,16+,18+,19+,20-,21+,25+/m1/s1. The van der Waals surface area contributed by atoms with Gasteiger partial charge in [0.1, 0.15) is 18.3 Å². The van der Waals surface area contributed by atoms with Crippen LogP contribution in [0.4, 0.5) is 10.5 Å². The van der Waals surface area contributed by atoms with E-state index in [0.29, 0.717) is 17.7 Å². The smallest absolute Gasteiger partial charge is 0.412 e. The number of likely N-dealkylation sites (N-methyl/N-ethyl adjacent to an activating group) is 1. The number of nitrogens with zero attached hydrogens (tertiary/aromatic N) is 1. The van der Waals surface area contributed by atoms with E-state index < -0.39 is 54.0 Å². The lowest BCUT2D eigenvalue weighted by Gasteiger charge is -2.32. The fourth-order valence-corrected chi connectivity index (χ4v) is 6.21. The lowest BCUT2D eigenvalue weighted by atomic mass is 9.79. The number of ether oxygens (including phenoxy) is 4. The van der Waals surface area contributed by atoms with Crippen LogP contribution in [0.2, 0.25) is 0 Å². The highest BCUT2D eigenvalue weighted by atomic mass is 32.2. The second-order valence-corrected chi connectivity index (χ2v) is 10.8. The molecular formula is C25H30N2O7S.